The Hall–Kier alpha value is -2.60. The average molecular weight is 352 g/mol. The number of aromatic hydroxyl groups is 1. The van der Waals surface area contributed by atoms with Gasteiger partial charge in [0.2, 0.25) is 5.16 Å². The fourth-order valence-electron chi connectivity index (χ4n) is 2.25. The molecule has 0 spiro atoms. The zero-order valence-corrected chi connectivity index (χ0v) is 15.1. The van der Waals surface area contributed by atoms with Gasteiger partial charge in [-0.05, 0) is 25.5 Å². The number of hydrogen-bond donors (Lipinski definition) is 1. The summed E-state index contributed by atoms with van der Waals surface area (Å²) in [5, 5.41) is 23.8. The van der Waals surface area contributed by atoms with E-state index in [0.29, 0.717) is 11.4 Å². The van der Waals surface area contributed by atoms with Crippen LogP contribution in [0.1, 0.15) is 24.5 Å². The summed E-state index contributed by atoms with van der Waals surface area (Å²) in [7, 11) is 0. The molecule has 25 heavy (non-hydrogen) atoms. The first-order valence-corrected chi connectivity index (χ1v) is 9.15. The Morgan fingerprint density at radius 2 is 1.88 bits per heavy atom. The topological polar surface area (TPSA) is 63.3 Å². The predicted molar refractivity (Wildman–Crippen MR) is 102 cm³/mol. The molecule has 0 atom stereocenters. The maximum absolute atomic E-state index is 9.93. The van der Waals surface area contributed by atoms with Gasteiger partial charge in [-0.15, -0.1) is 10.2 Å². The summed E-state index contributed by atoms with van der Waals surface area (Å²) in [5.74, 6) is 1.82. The first kappa shape index (κ1) is 17.2. The predicted octanol–water partition coefficient (Wildman–Crippen LogP) is 4.34. The fraction of sp³-hybridized carbons (Fsp3) is 0.211. The zero-order chi connectivity index (χ0) is 17.6. The van der Waals surface area contributed by atoms with E-state index >= 15 is 0 Å². The van der Waals surface area contributed by atoms with Crippen molar-refractivity contribution in [3.05, 3.63) is 59.7 Å². The highest BCUT2D eigenvalue weighted by Crippen LogP contribution is 2.25. The summed E-state index contributed by atoms with van der Waals surface area (Å²) in [6.45, 7) is 4.17. The number of aromatic nitrogens is 3. The Balaban J connectivity index is 2.00. The minimum Gasteiger partial charge on any atom is -0.507 e. The van der Waals surface area contributed by atoms with Crippen molar-refractivity contribution in [3.8, 4) is 17.1 Å². The van der Waals surface area contributed by atoms with Gasteiger partial charge in [-0.2, -0.15) is 9.78 Å². The Kier molecular flexibility index (Phi) is 5.50. The molecule has 128 valence electrons. The maximum Gasteiger partial charge on any atom is 0.212 e. The molecule has 0 radical (unpaired) electrons. The molecule has 1 N–H and O–H groups in total. The number of para-hydroxylation sites is 1. The van der Waals surface area contributed by atoms with Gasteiger partial charge in [0.05, 0.1) is 6.21 Å². The van der Waals surface area contributed by atoms with Gasteiger partial charge in [0.15, 0.2) is 5.82 Å². The molecule has 0 saturated heterocycles. The van der Waals surface area contributed by atoms with Crippen molar-refractivity contribution in [2.24, 2.45) is 5.10 Å². The van der Waals surface area contributed by atoms with E-state index in [1.807, 2.05) is 43.3 Å². The van der Waals surface area contributed by atoms with E-state index in [2.05, 4.69) is 22.2 Å². The number of phenols is 1. The number of hydrogen-bond acceptors (Lipinski definition) is 5. The highest BCUT2D eigenvalue weighted by atomic mass is 32.2. The van der Waals surface area contributed by atoms with Crippen molar-refractivity contribution >= 4 is 18.0 Å². The molecule has 0 bridgehead atoms. The van der Waals surface area contributed by atoms with Crippen molar-refractivity contribution in [1.82, 2.24) is 14.9 Å². The second-order valence-corrected chi connectivity index (χ2v) is 6.70. The largest absolute Gasteiger partial charge is 0.507 e. The standard InChI is InChI=1S/C19H20N4OS/c1-3-12-25-19-22-21-18(15-10-8-14(2)9-11-15)23(19)20-13-16-6-4-5-7-17(16)24/h4-11,13,24H,3,12H2,1-2H3/b20-13+. The van der Waals surface area contributed by atoms with Crippen LogP contribution in [0.15, 0.2) is 58.8 Å². The van der Waals surface area contributed by atoms with Crippen LogP contribution < -0.4 is 0 Å². The average Bonchev–Trinajstić information content (AvgIpc) is 3.02. The van der Waals surface area contributed by atoms with E-state index < -0.39 is 0 Å². The number of phenolic OH excluding ortho intramolecular Hbond substituents is 1. The van der Waals surface area contributed by atoms with Gasteiger partial charge in [0.25, 0.3) is 0 Å². The van der Waals surface area contributed by atoms with Crippen LogP contribution in [0.25, 0.3) is 11.4 Å². The third-order valence-electron chi connectivity index (χ3n) is 3.61. The van der Waals surface area contributed by atoms with Crippen LogP contribution in [0, 0.1) is 6.92 Å². The number of rotatable bonds is 6. The SMILES string of the molecule is CCCSc1nnc(-c2ccc(C)cc2)n1/N=C/c1ccccc1O. The van der Waals surface area contributed by atoms with E-state index in [-0.39, 0.29) is 5.75 Å². The lowest BCUT2D eigenvalue weighted by Gasteiger charge is -2.05. The first-order valence-electron chi connectivity index (χ1n) is 8.16. The third-order valence-corrected chi connectivity index (χ3v) is 4.73. The summed E-state index contributed by atoms with van der Waals surface area (Å²) in [4.78, 5) is 0. The molecule has 0 fully saturated rings. The smallest absolute Gasteiger partial charge is 0.212 e. The second-order valence-electron chi connectivity index (χ2n) is 5.64. The monoisotopic (exact) mass is 352 g/mol. The molecule has 3 aromatic rings. The van der Waals surface area contributed by atoms with Crippen LogP contribution in [-0.4, -0.2) is 31.9 Å². The van der Waals surface area contributed by atoms with Crippen molar-refractivity contribution in [2.75, 3.05) is 5.75 Å². The highest BCUT2D eigenvalue weighted by Gasteiger charge is 2.13. The molecule has 5 nitrogen and oxygen atoms in total. The summed E-state index contributed by atoms with van der Waals surface area (Å²) in [6.07, 6.45) is 2.67. The third kappa shape index (κ3) is 4.09. The maximum atomic E-state index is 9.93. The normalized spacial score (nSPS) is 11.3. The fourth-order valence-corrected chi connectivity index (χ4v) is 2.99. The Bertz CT molecular complexity index is 871. The van der Waals surface area contributed by atoms with Crippen LogP contribution in [0.3, 0.4) is 0 Å². The molecule has 0 saturated carbocycles. The summed E-state index contributed by atoms with van der Waals surface area (Å²) in [6, 6.07) is 15.2. The van der Waals surface area contributed by atoms with Crippen molar-refractivity contribution in [3.63, 3.8) is 0 Å². The molecule has 0 unspecified atom stereocenters. The van der Waals surface area contributed by atoms with E-state index in [1.54, 1.807) is 34.8 Å². The molecule has 0 aliphatic heterocycles. The Morgan fingerprint density at radius 3 is 2.60 bits per heavy atom. The summed E-state index contributed by atoms with van der Waals surface area (Å²) in [5.41, 5.74) is 2.79. The number of benzene rings is 2. The molecule has 0 aliphatic carbocycles. The van der Waals surface area contributed by atoms with E-state index in [9.17, 15) is 5.11 Å². The van der Waals surface area contributed by atoms with Crippen LogP contribution in [0.2, 0.25) is 0 Å². The molecule has 1 heterocycles. The molecular weight excluding hydrogens is 332 g/mol. The van der Waals surface area contributed by atoms with Crippen molar-refractivity contribution in [2.45, 2.75) is 25.4 Å². The number of thioether (sulfide) groups is 1. The van der Waals surface area contributed by atoms with Crippen molar-refractivity contribution < 1.29 is 5.11 Å². The first-order chi connectivity index (χ1) is 12.2. The molecule has 3 rings (SSSR count). The van der Waals surface area contributed by atoms with Crippen LogP contribution in [0.5, 0.6) is 5.75 Å². The van der Waals surface area contributed by atoms with Gasteiger partial charge < -0.3 is 5.11 Å². The minimum absolute atomic E-state index is 0.193. The van der Waals surface area contributed by atoms with Crippen molar-refractivity contribution in [1.29, 1.82) is 0 Å². The second kappa shape index (κ2) is 7.98. The molecule has 1 aromatic heterocycles. The lowest BCUT2D eigenvalue weighted by Crippen LogP contribution is -1.97. The van der Waals surface area contributed by atoms with Crippen LogP contribution in [-0.2, 0) is 0 Å². The summed E-state index contributed by atoms with van der Waals surface area (Å²) >= 11 is 1.62. The number of aryl methyl sites for hydroxylation is 1. The highest BCUT2D eigenvalue weighted by molar-refractivity contribution is 7.99. The van der Waals surface area contributed by atoms with Gasteiger partial charge >= 0.3 is 0 Å². The van der Waals surface area contributed by atoms with Crippen LogP contribution >= 0.6 is 11.8 Å². The molecule has 0 aliphatic rings. The Morgan fingerprint density at radius 1 is 1.12 bits per heavy atom. The van der Waals surface area contributed by atoms with Gasteiger partial charge in [-0.25, -0.2) is 0 Å². The molecule has 0 amide bonds. The molecule has 2 aromatic carbocycles. The Labute approximate surface area is 151 Å². The van der Waals surface area contributed by atoms with E-state index in [1.165, 1.54) is 5.56 Å². The lowest BCUT2D eigenvalue weighted by atomic mass is 10.1. The molecule has 6 heteroatoms. The lowest BCUT2D eigenvalue weighted by molar-refractivity contribution is 0.474. The van der Waals surface area contributed by atoms with E-state index in [0.717, 1.165) is 22.9 Å². The quantitative estimate of drug-likeness (QED) is 0.529. The van der Waals surface area contributed by atoms with Gasteiger partial charge in [-0.1, -0.05) is 60.6 Å². The van der Waals surface area contributed by atoms with Gasteiger partial charge in [-0.3, -0.25) is 0 Å². The van der Waals surface area contributed by atoms with Gasteiger partial charge in [0.1, 0.15) is 5.75 Å². The number of nitrogens with zero attached hydrogens (tertiary/aromatic N) is 4. The zero-order valence-electron chi connectivity index (χ0n) is 14.3. The minimum atomic E-state index is 0.193. The molecular formula is C19H20N4OS. The summed E-state index contributed by atoms with van der Waals surface area (Å²) < 4.78 is 1.73. The van der Waals surface area contributed by atoms with Crippen LogP contribution in [0.4, 0.5) is 0 Å². The van der Waals surface area contributed by atoms with E-state index in [4.69, 9.17) is 0 Å². The van der Waals surface area contributed by atoms with Gasteiger partial charge in [0, 0.05) is 16.9 Å².